The van der Waals surface area contributed by atoms with Gasteiger partial charge in [0.15, 0.2) is 0 Å². The Hall–Kier alpha value is -1.86. The van der Waals surface area contributed by atoms with Gasteiger partial charge in [0.2, 0.25) is 0 Å². The second-order valence-corrected chi connectivity index (χ2v) is 4.64. The lowest BCUT2D eigenvalue weighted by molar-refractivity contribution is 0.800. The summed E-state index contributed by atoms with van der Waals surface area (Å²) in [7, 11) is 0. The first kappa shape index (κ1) is 13.6. The minimum absolute atomic E-state index is 0.933. The van der Waals surface area contributed by atoms with E-state index in [4.69, 9.17) is 0 Å². The largest absolute Gasteiger partial charge is 0.314 e. The Bertz CT molecular complexity index is 523. The van der Waals surface area contributed by atoms with Gasteiger partial charge in [0.05, 0.1) is 0 Å². The number of hydrogen-bond acceptors (Lipinski definition) is 1. The van der Waals surface area contributed by atoms with Gasteiger partial charge < -0.3 is 5.32 Å². The van der Waals surface area contributed by atoms with E-state index in [9.17, 15) is 0 Å². The van der Waals surface area contributed by atoms with Gasteiger partial charge in [0, 0.05) is 6.54 Å². The van der Waals surface area contributed by atoms with Gasteiger partial charge in [0.25, 0.3) is 0 Å². The van der Waals surface area contributed by atoms with Crippen LogP contribution in [-0.2, 0) is 0 Å². The molecule has 98 valence electrons. The molecule has 0 bridgehead atoms. The van der Waals surface area contributed by atoms with E-state index in [1.807, 2.05) is 6.07 Å². The van der Waals surface area contributed by atoms with Crippen LogP contribution in [0.5, 0.6) is 0 Å². The molecule has 2 rings (SSSR count). The molecule has 1 heteroatoms. The highest BCUT2D eigenvalue weighted by Gasteiger charge is 1.98. The summed E-state index contributed by atoms with van der Waals surface area (Å²) in [5.41, 5.74) is 5.14. The Balaban J connectivity index is 2.12. The van der Waals surface area contributed by atoms with Crippen LogP contribution in [0.3, 0.4) is 0 Å². The van der Waals surface area contributed by atoms with Gasteiger partial charge in [-0.05, 0) is 35.7 Å². The summed E-state index contributed by atoms with van der Waals surface area (Å²) in [6.07, 6.45) is 2.24. The first-order valence-corrected chi connectivity index (χ1v) is 6.84. The van der Waals surface area contributed by atoms with Gasteiger partial charge in [-0.15, -0.1) is 0 Å². The Labute approximate surface area is 116 Å². The normalized spacial score (nSPS) is 11.6. The molecule has 2 aromatic rings. The maximum atomic E-state index is 3.31. The molecule has 0 aliphatic carbocycles. The summed E-state index contributed by atoms with van der Waals surface area (Å²) in [6, 6.07) is 19.2. The van der Waals surface area contributed by atoms with E-state index >= 15 is 0 Å². The Morgan fingerprint density at radius 1 is 0.947 bits per heavy atom. The van der Waals surface area contributed by atoms with Crippen LogP contribution in [0.4, 0.5) is 0 Å². The number of likely N-dealkylation sites (N-methyl/N-ethyl adjacent to an activating group) is 1. The molecule has 1 N–H and O–H groups in total. The molecule has 0 fully saturated rings. The van der Waals surface area contributed by atoms with Crippen LogP contribution in [0, 0.1) is 0 Å². The van der Waals surface area contributed by atoms with Gasteiger partial charge in [0.1, 0.15) is 0 Å². The summed E-state index contributed by atoms with van der Waals surface area (Å²) >= 11 is 0. The molecule has 0 saturated heterocycles. The lowest BCUT2D eigenvalue weighted by Crippen LogP contribution is -2.11. The second-order valence-electron chi connectivity index (χ2n) is 4.64. The van der Waals surface area contributed by atoms with Gasteiger partial charge in [-0.3, -0.25) is 0 Å². The van der Waals surface area contributed by atoms with Gasteiger partial charge in [-0.2, -0.15) is 0 Å². The monoisotopic (exact) mass is 251 g/mol. The standard InChI is InChI=1S/C18H21N/c1-3-19-14-13-15(2)16-9-11-18(12-10-16)17-7-5-4-6-8-17/h4-13,19H,3,14H2,1-2H3. The summed E-state index contributed by atoms with van der Waals surface area (Å²) in [5.74, 6) is 0. The fourth-order valence-corrected chi connectivity index (χ4v) is 2.04. The number of hydrogen-bond donors (Lipinski definition) is 1. The zero-order chi connectivity index (χ0) is 13.5. The van der Waals surface area contributed by atoms with Gasteiger partial charge in [-0.25, -0.2) is 0 Å². The molecular formula is C18H21N. The third-order valence-electron chi connectivity index (χ3n) is 3.25. The van der Waals surface area contributed by atoms with E-state index in [1.165, 1.54) is 22.3 Å². The molecule has 0 spiro atoms. The molecular weight excluding hydrogens is 230 g/mol. The molecule has 0 heterocycles. The molecule has 0 atom stereocenters. The molecule has 0 aliphatic rings. The van der Waals surface area contributed by atoms with Crippen molar-refractivity contribution in [2.24, 2.45) is 0 Å². The number of rotatable bonds is 5. The van der Waals surface area contributed by atoms with Crippen LogP contribution in [0.25, 0.3) is 16.7 Å². The third-order valence-corrected chi connectivity index (χ3v) is 3.25. The fraction of sp³-hybridized carbons (Fsp3) is 0.222. The van der Waals surface area contributed by atoms with Crippen molar-refractivity contribution in [3.63, 3.8) is 0 Å². The van der Waals surface area contributed by atoms with Crippen molar-refractivity contribution in [1.82, 2.24) is 5.32 Å². The SMILES string of the molecule is CCNCC=C(C)c1ccc(-c2ccccc2)cc1. The van der Waals surface area contributed by atoms with E-state index in [2.05, 4.69) is 73.8 Å². The second kappa shape index (κ2) is 6.91. The summed E-state index contributed by atoms with van der Waals surface area (Å²) < 4.78 is 0. The molecule has 0 saturated carbocycles. The minimum atomic E-state index is 0.933. The quantitative estimate of drug-likeness (QED) is 0.778. The van der Waals surface area contributed by atoms with Gasteiger partial charge >= 0.3 is 0 Å². The molecule has 1 nitrogen and oxygen atoms in total. The highest BCUT2D eigenvalue weighted by molar-refractivity contribution is 5.69. The van der Waals surface area contributed by atoms with Crippen LogP contribution >= 0.6 is 0 Å². The topological polar surface area (TPSA) is 12.0 Å². The Morgan fingerprint density at radius 2 is 1.58 bits per heavy atom. The number of benzene rings is 2. The van der Waals surface area contributed by atoms with E-state index in [1.54, 1.807) is 0 Å². The lowest BCUT2D eigenvalue weighted by Gasteiger charge is -2.05. The molecule has 0 amide bonds. The molecule has 19 heavy (non-hydrogen) atoms. The predicted molar refractivity (Wildman–Crippen MR) is 84.1 cm³/mol. The van der Waals surface area contributed by atoms with E-state index in [-0.39, 0.29) is 0 Å². The summed E-state index contributed by atoms with van der Waals surface area (Å²) in [4.78, 5) is 0. The average Bonchev–Trinajstić information content (AvgIpc) is 2.48. The predicted octanol–water partition coefficient (Wildman–Crippen LogP) is 4.37. The molecule has 0 unspecified atom stereocenters. The van der Waals surface area contributed by atoms with Crippen molar-refractivity contribution in [2.45, 2.75) is 13.8 Å². The Morgan fingerprint density at radius 3 is 2.21 bits per heavy atom. The van der Waals surface area contributed by atoms with Crippen molar-refractivity contribution in [3.05, 3.63) is 66.2 Å². The third kappa shape index (κ3) is 3.80. The van der Waals surface area contributed by atoms with Crippen molar-refractivity contribution in [3.8, 4) is 11.1 Å². The maximum Gasteiger partial charge on any atom is 0.0140 e. The molecule has 0 radical (unpaired) electrons. The van der Waals surface area contributed by atoms with Gasteiger partial charge in [-0.1, -0.05) is 67.6 Å². The first-order chi connectivity index (χ1) is 9.31. The van der Waals surface area contributed by atoms with Crippen molar-refractivity contribution in [2.75, 3.05) is 13.1 Å². The fourth-order valence-electron chi connectivity index (χ4n) is 2.04. The Kier molecular flexibility index (Phi) is 4.93. The van der Waals surface area contributed by atoms with Crippen LogP contribution < -0.4 is 5.32 Å². The first-order valence-electron chi connectivity index (χ1n) is 6.84. The zero-order valence-corrected chi connectivity index (χ0v) is 11.7. The zero-order valence-electron chi connectivity index (χ0n) is 11.7. The molecule has 0 aromatic heterocycles. The summed E-state index contributed by atoms with van der Waals surface area (Å²) in [5, 5.41) is 3.31. The van der Waals surface area contributed by atoms with Crippen LogP contribution in [0.1, 0.15) is 19.4 Å². The van der Waals surface area contributed by atoms with Crippen molar-refractivity contribution in [1.29, 1.82) is 0 Å². The minimum Gasteiger partial charge on any atom is -0.314 e. The number of nitrogens with one attached hydrogen (secondary N) is 1. The van der Waals surface area contributed by atoms with E-state index in [0.29, 0.717) is 0 Å². The molecule has 2 aromatic carbocycles. The smallest absolute Gasteiger partial charge is 0.0140 e. The van der Waals surface area contributed by atoms with E-state index in [0.717, 1.165) is 13.1 Å². The van der Waals surface area contributed by atoms with Crippen molar-refractivity contribution >= 4 is 5.57 Å². The van der Waals surface area contributed by atoms with E-state index < -0.39 is 0 Å². The lowest BCUT2D eigenvalue weighted by atomic mass is 10.0. The highest BCUT2D eigenvalue weighted by Crippen LogP contribution is 2.21. The number of allylic oxidation sites excluding steroid dienone is 1. The van der Waals surface area contributed by atoms with Crippen molar-refractivity contribution < 1.29 is 0 Å². The average molecular weight is 251 g/mol. The molecule has 0 aliphatic heterocycles. The summed E-state index contributed by atoms with van der Waals surface area (Å²) in [6.45, 7) is 6.23. The maximum absolute atomic E-state index is 3.31. The highest BCUT2D eigenvalue weighted by atomic mass is 14.8. The van der Waals surface area contributed by atoms with Crippen LogP contribution in [-0.4, -0.2) is 13.1 Å². The van der Waals surface area contributed by atoms with Crippen LogP contribution in [0.15, 0.2) is 60.7 Å². The van der Waals surface area contributed by atoms with Crippen LogP contribution in [0.2, 0.25) is 0 Å².